The number of benzene rings is 2. The summed E-state index contributed by atoms with van der Waals surface area (Å²) in [5.74, 6) is -1.16. The molecule has 0 N–H and O–H groups in total. The van der Waals surface area contributed by atoms with Gasteiger partial charge in [-0.2, -0.15) is 4.39 Å². The van der Waals surface area contributed by atoms with E-state index in [2.05, 4.69) is 11.9 Å². The van der Waals surface area contributed by atoms with Crippen LogP contribution in [0.2, 0.25) is 0 Å². The van der Waals surface area contributed by atoms with Gasteiger partial charge in [0.2, 0.25) is 5.95 Å². The van der Waals surface area contributed by atoms with Crippen molar-refractivity contribution in [3.8, 4) is 28.0 Å². The summed E-state index contributed by atoms with van der Waals surface area (Å²) in [4.78, 5) is 3.42. The van der Waals surface area contributed by atoms with Crippen molar-refractivity contribution in [3.63, 3.8) is 0 Å². The molecule has 1 aromatic heterocycles. The van der Waals surface area contributed by atoms with Crippen molar-refractivity contribution in [3.05, 3.63) is 72.6 Å². The van der Waals surface area contributed by atoms with Crippen molar-refractivity contribution in [1.82, 2.24) is 4.98 Å². The summed E-state index contributed by atoms with van der Waals surface area (Å²) in [7, 11) is 0. The largest absolute Gasteiger partial charge is 0.494 e. The van der Waals surface area contributed by atoms with Gasteiger partial charge in [0, 0.05) is 11.8 Å². The van der Waals surface area contributed by atoms with Crippen LogP contribution < -0.4 is 4.74 Å². The molecule has 0 saturated carbocycles. The molecule has 1 heterocycles. The second kappa shape index (κ2) is 7.88. The number of hydrogen-bond acceptors (Lipinski definition) is 2. The predicted molar refractivity (Wildman–Crippen MR) is 95.4 cm³/mol. The van der Waals surface area contributed by atoms with E-state index in [1.165, 1.54) is 6.20 Å². The van der Waals surface area contributed by atoms with E-state index in [9.17, 15) is 8.78 Å². The van der Waals surface area contributed by atoms with E-state index in [-0.39, 0.29) is 0 Å². The molecule has 3 aromatic rings. The quantitative estimate of drug-likeness (QED) is 0.414. The Hall–Kier alpha value is -2.75. The van der Waals surface area contributed by atoms with Gasteiger partial charge >= 0.3 is 0 Å². The Bertz CT molecular complexity index is 830. The van der Waals surface area contributed by atoms with Gasteiger partial charge in [-0.3, -0.25) is 0 Å². The Labute approximate surface area is 146 Å². The number of aromatic nitrogens is 1. The minimum atomic E-state index is -1.08. The van der Waals surface area contributed by atoms with Crippen LogP contribution in [-0.2, 0) is 0 Å². The average molecular weight is 339 g/mol. The zero-order valence-corrected chi connectivity index (χ0v) is 14.0. The smallest absolute Gasteiger partial charge is 0.248 e. The molecule has 0 radical (unpaired) electrons. The molecular weight excluding hydrogens is 320 g/mol. The molecule has 0 amide bonds. The van der Waals surface area contributed by atoms with Crippen LogP contribution in [0.25, 0.3) is 22.3 Å². The third-order valence-corrected chi connectivity index (χ3v) is 3.97. The minimum absolute atomic E-state index is 0.546. The second-order valence-electron chi connectivity index (χ2n) is 5.80. The first-order chi connectivity index (χ1) is 12.2. The number of hydrogen-bond donors (Lipinski definition) is 0. The molecule has 0 bridgehead atoms. The number of pyridine rings is 1. The van der Waals surface area contributed by atoms with Gasteiger partial charge in [0.15, 0.2) is 5.82 Å². The van der Waals surface area contributed by atoms with E-state index in [0.717, 1.165) is 48.0 Å². The van der Waals surface area contributed by atoms with Crippen LogP contribution >= 0.6 is 0 Å². The SMILES string of the molecule is CCCCOc1ccc(-c2ccc(-c3cnc(F)c(F)c3)cc2)cc1. The number of nitrogens with zero attached hydrogens (tertiary/aromatic N) is 1. The molecule has 4 heteroatoms. The van der Waals surface area contributed by atoms with Crippen LogP contribution in [0.4, 0.5) is 8.78 Å². The van der Waals surface area contributed by atoms with Gasteiger partial charge in [-0.25, -0.2) is 9.37 Å². The van der Waals surface area contributed by atoms with Gasteiger partial charge in [-0.05, 0) is 41.3 Å². The maximum Gasteiger partial charge on any atom is 0.248 e. The Balaban J connectivity index is 1.74. The molecule has 128 valence electrons. The number of ether oxygens (including phenoxy) is 1. The van der Waals surface area contributed by atoms with E-state index in [4.69, 9.17) is 4.74 Å². The van der Waals surface area contributed by atoms with Crippen LogP contribution in [0.15, 0.2) is 60.8 Å². The van der Waals surface area contributed by atoms with E-state index in [1.54, 1.807) is 0 Å². The molecule has 3 rings (SSSR count). The van der Waals surface area contributed by atoms with Crippen molar-refractivity contribution in [1.29, 1.82) is 0 Å². The van der Waals surface area contributed by atoms with Gasteiger partial charge in [0.1, 0.15) is 5.75 Å². The Morgan fingerprint density at radius 1 is 0.840 bits per heavy atom. The normalized spacial score (nSPS) is 10.7. The fourth-order valence-electron chi connectivity index (χ4n) is 2.51. The fraction of sp³-hybridized carbons (Fsp3) is 0.190. The first kappa shape index (κ1) is 17.1. The highest BCUT2D eigenvalue weighted by atomic mass is 19.2. The van der Waals surface area contributed by atoms with Gasteiger partial charge < -0.3 is 4.74 Å². The topological polar surface area (TPSA) is 22.1 Å². The van der Waals surface area contributed by atoms with E-state index in [0.29, 0.717) is 5.56 Å². The molecule has 0 unspecified atom stereocenters. The van der Waals surface area contributed by atoms with Crippen LogP contribution in [0.1, 0.15) is 19.8 Å². The molecule has 0 fully saturated rings. The third kappa shape index (κ3) is 4.21. The summed E-state index contributed by atoms with van der Waals surface area (Å²) in [5, 5.41) is 0. The lowest BCUT2D eigenvalue weighted by atomic mass is 10.0. The van der Waals surface area contributed by atoms with E-state index >= 15 is 0 Å². The zero-order valence-electron chi connectivity index (χ0n) is 14.0. The standard InChI is InChI=1S/C21H19F2NO/c1-2-3-12-25-19-10-8-16(9-11-19)15-4-6-17(7-5-15)18-13-20(22)21(23)24-14-18/h4-11,13-14H,2-3,12H2,1H3. The van der Waals surface area contributed by atoms with Gasteiger partial charge in [-0.15, -0.1) is 0 Å². The summed E-state index contributed by atoms with van der Waals surface area (Å²) in [6.07, 6.45) is 3.48. The molecular formula is C21H19F2NO. The molecule has 25 heavy (non-hydrogen) atoms. The summed E-state index contributed by atoms with van der Waals surface area (Å²) >= 11 is 0. The number of rotatable bonds is 6. The van der Waals surface area contributed by atoms with Crippen molar-refractivity contribution >= 4 is 0 Å². The lowest BCUT2D eigenvalue weighted by Crippen LogP contribution is -1.95. The van der Waals surface area contributed by atoms with Gasteiger partial charge in [0.25, 0.3) is 0 Å². The van der Waals surface area contributed by atoms with E-state index in [1.807, 2.05) is 48.5 Å². The van der Waals surface area contributed by atoms with Crippen LogP contribution in [-0.4, -0.2) is 11.6 Å². The number of halogens is 2. The average Bonchev–Trinajstić information content (AvgIpc) is 2.65. The maximum absolute atomic E-state index is 13.3. The highest BCUT2D eigenvalue weighted by Gasteiger charge is 2.06. The third-order valence-electron chi connectivity index (χ3n) is 3.97. The lowest BCUT2D eigenvalue weighted by Gasteiger charge is -2.08. The zero-order chi connectivity index (χ0) is 17.6. The molecule has 2 aromatic carbocycles. The van der Waals surface area contributed by atoms with Crippen LogP contribution in [0, 0.1) is 11.8 Å². The molecule has 0 aliphatic heterocycles. The molecule has 0 spiro atoms. The minimum Gasteiger partial charge on any atom is -0.494 e. The van der Waals surface area contributed by atoms with Crippen molar-refractivity contribution in [2.75, 3.05) is 6.61 Å². The summed E-state index contributed by atoms with van der Waals surface area (Å²) < 4.78 is 31.9. The van der Waals surface area contributed by atoms with Crippen molar-refractivity contribution in [2.24, 2.45) is 0 Å². The fourth-order valence-corrected chi connectivity index (χ4v) is 2.51. The molecule has 0 atom stereocenters. The molecule has 2 nitrogen and oxygen atoms in total. The Kier molecular flexibility index (Phi) is 5.39. The van der Waals surface area contributed by atoms with Crippen molar-refractivity contribution in [2.45, 2.75) is 19.8 Å². The van der Waals surface area contributed by atoms with Gasteiger partial charge in [0.05, 0.1) is 6.61 Å². The van der Waals surface area contributed by atoms with Crippen LogP contribution in [0.3, 0.4) is 0 Å². The predicted octanol–water partition coefficient (Wildman–Crippen LogP) is 5.87. The highest BCUT2D eigenvalue weighted by Crippen LogP contribution is 2.26. The molecule has 0 saturated heterocycles. The van der Waals surface area contributed by atoms with E-state index < -0.39 is 11.8 Å². The summed E-state index contributed by atoms with van der Waals surface area (Å²) in [6, 6.07) is 16.7. The second-order valence-corrected chi connectivity index (χ2v) is 5.80. The Morgan fingerprint density at radius 2 is 1.40 bits per heavy atom. The Morgan fingerprint density at radius 3 is 1.96 bits per heavy atom. The lowest BCUT2D eigenvalue weighted by molar-refractivity contribution is 0.309. The van der Waals surface area contributed by atoms with Gasteiger partial charge in [-0.1, -0.05) is 49.7 Å². The van der Waals surface area contributed by atoms with Crippen molar-refractivity contribution < 1.29 is 13.5 Å². The molecule has 0 aliphatic carbocycles. The maximum atomic E-state index is 13.3. The summed E-state index contributed by atoms with van der Waals surface area (Å²) in [6.45, 7) is 2.86. The molecule has 0 aliphatic rings. The number of unbranched alkanes of at least 4 members (excludes halogenated alkanes) is 1. The monoisotopic (exact) mass is 339 g/mol. The highest BCUT2D eigenvalue weighted by molar-refractivity contribution is 5.70. The van der Waals surface area contributed by atoms with Crippen LogP contribution in [0.5, 0.6) is 5.75 Å². The summed E-state index contributed by atoms with van der Waals surface area (Å²) in [5.41, 5.74) is 3.44. The first-order valence-corrected chi connectivity index (χ1v) is 8.32. The first-order valence-electron chi connectivity index (χ1n) is 8.32.